The van der Waals surface area contributed by atoms with Crippen molar-refractivity contribution in [1.82, 2.24) is 30.6 Å². The fraction of sp³-hybridized carbons (Fsp3) is 0.167. The van der Waals surface area contributed by atoms with Crippen molar-refractivity contribution in [3.8, 4) is 21.4 Å². The summed E-state index contributed by atoms with van der Waals surface area (Å²) in [5.41, 5.74) is 5.62. The van der Waals surface area contributed by atoms with Crippen LogP contribution in [0.5, 0.6) is 0 Å². The lowest BCUT2D eigenvalue weighted by molar-refractivity contribution is 0.960. The van der Waals surface area contributed by atoms with Crippen LogP contribution in [0.15, 0.2) is 58.8 Å². The van der Waals surface area contributed by atoms with E-state index in [0.29, 0.717) is 0 Å². The Bertz CT molecular complexity index is 1490. The molecule has 0 unspecified atom stereocenters. The van der Waals surface area contributed by atoms with Crippen molar-refractivity contribution in [2.24, 2.45) is 9.98 Å². The van der Waals surface area contributed by atoms with Crippen LogP contribution in [-0.4, -0.2) is 57.8 Å². The van der Waals surface area contributed by atoms with Crippen LogP contribution < -0.4 is 10.6 Å². The minimum absolute atomic E-state index is 0.761. The van der Waals surface area contributed by atoms with E-state index in [4.69, 9.17) is 9.97 Å². The molecule has 10 heteroatoms. The predicted octanol–water partition coefficient (Wildman–Crippen LogP) is 3.73. The smallest absolute Gasteiger partial charge is 0.144 e. The molecule has 0 aliphatic carbocycles. The van der Waals surface area contributed by atoms with Gasteiger partial charge in [0.05, 0.1) is 45.9 Å². The second kappa shape index (κ2) is 7.93. The molecule has 0 bridgehead atoms. The third kappa shape index (κ3) is 3.42. The van der Waals surface area contributed by atoms with Crippen LogP contribution in [0.3, 0.4) is 0 Å². The Balaban J connectivity index is 1.18. The molecule has 0 amide bonds. The highest BCUT2D eigenvalue weighted by atomic mass is 32.1. The first-order chi connectivity index (χ1) is 16.8. The van der Waals surface area contributed by atoms with Gasteiger partial charge in [-0.3, -0.25) is 9.98 Å². The topological polar surface area (TPSA) is 100 Å². The van der Waals surface area contributed by atoms with Crippen LogP contribution in [0, 0.1) is 0 Å². The number of hydrogen-bond acceptors (Lipinski definition) is 10. The first-order valence-electron chi connectivity index (χ1n) is 11.0. The molecule has 8 nitrogen and oxygen atoms in total. The summed E-state index contributed by atoms with van der Waals surface area (Å²) < 4.78 is 2.22. The van der Waals surface area contributed by atoms with Gasteiger partial charge in [-0.1, -0.05) is 0 Å². The molecule has 0 saturated carbocycles. The number of nitrogens with zero attached hydrogens (tertiary/aromatic N) is 6. The largest absolute Gasteiger partial charge is 0.368 e. The number of amidine groups is 2. The monoisotopic (exact) mass is 482 g/mol. The fourth-order valence-electron chi connectivity index (χ4n) is 4.09. The Kier molecular flexibility index (Phi) is 4.59. The molecule has 2 aliphatic rings. The fourth-order valence-corrected chi connectivity index (χ4v) is 6.03. The van der Waals surface area contributed by atoms with Gasteiger partial charge in [0, 0.05) is 24.2 Å². The SMILES string of the molecule is c1cc2nc(-c3cnc(-c4nc5ccc(C6=NCCN6)cc5s4)cn3)sc2cc1C1=NCCN1. The molecule has 5 aromatic rings. The van der Waals surface area contributed by atoms with E-state index in [9.17, 15) is 0 Å². The molecule has 166 valence electrons. The summed E-state index contributed by atoms with van der Waals surface area (Å²) >= 11 is 3.23. The van der Waals surface area contributed by atoms with Crippen molar-refractivity contribution in [3.63, 3.8) is 0 Å². The van der Waals surface area contributed by atoms with Gasteiger partial charge in [-0.2, -0.15) is 0 Å². The Morgan fingerprint density at radius 1 is 0.647 bits per heavy atom. The predicted molar refractivity (Wildman–Crippen MR) is 138 cm³/mol. The van der Waals surface area contributed by atoms with Gasteiger partial charge in [-0.25, -0.2) is 19.9 Å². The molecule has 0 radical (unpaired) electrons. The van der Waals surface area contributed by atoms with E-state index in [0.717, 1.165) is 90.8 Å². The van der Waals surface area contributed by atoms with E-state index in [-0.39, 0.29) is 0 Å². The number of rotatable bonds is 4. The summed E-state index contributed by atoms with van der Waals surface area (Å²) in [4.78, 5) is 27.9. The van der Waals surface area contributed by atoms with Gasteiger partial charge in [0.25, 0.3) is 0 Å². The molecule has 5 heterocycles. The molecular weight excluding hydrogens is 464 g/mol. The number of thiazole rings is 2. The third-order valence-corrected chi connectivity index (χ3v) is 7.84. The highest BCUT2D eigenvalue weighted by molar-refractivity contribution is 7.22. The maximum atomic E-state index is 4.76. The van der Waals surface area contributed by atoms with Crippen LogP contribution in [0.1, 0.15) is 11.1 Å². The van der Waals surface area contributed by atoms with Crippen LogP contribution in [-0.2, 0) is 0 Å². The Morgan fingerprint density at radius 2 is 1.15 bits per heavy atom. The van der Waals surface area contributed by atoms with E-state index in [2.05, 4.69) is 54.9 Å². The zero-order chi connectivity index (χ0) is 22.5. The van der Waals surface area contributed by atoms with Crippen molar-refractivity contribution >= 4 is 54.8 Å². The van der Waals surface area contributed by atoms with Gasteiger partial charge in [-0.15, -0.1) is 22.7 Å². The molecule has 0 saturated heterocycles. The number of aromatic nitrogens is 4. The van der Waals surface area contributed by atoms with Crippen molar-refractivity contribution in [2.75, 3.05) is 26.2 Å². The van der Waals surface area contributed by atoms with Gasteiger partial charge >= 0.3 is 0 Å². The summed E-state index contributed by atoms with van der Waals surface area (Å²) in [6.07, 6.45) is 3.57. The van der Waals surface area contributed by atoms with Crippen molar-refractivity contribution in [2.45, 2.75) is 0 Å². The first kappa shape index (κ1) is 19.7. The molecular formula is C24H18N8S2. The van der Waals surface area contributed by atoms with E-state index >= 15 is 0 Å². The molecule has 34 heavy (non-hydrogen) atoms. The third-order valence-electron chi connectivity index (χ3n) is 5.76. The van der Waals surface area contributed by atoms with Crippen LogP contribution in [0.4, 0.5) is 0 Å². The lowest BCUT2D eigenvalue weighted by Crippen LogP contribution is -2.19. The highest BCUT2D eigenvalue weighted by Crippen LogP contribution is 2.32. The minimum atomic E-state index is 0.761. The van der Waals surface area contributed by atoms with E-state index in [1.165, 1.54) is 0 Å². The summed E-state index contributed by atoms with van der Waals surface area (Å²) in [5.74, 6) is 1.91. The number of benzene rings is 2. The maximum Gasteiger partial charge on any atom is 0.144 e. The summed E-state index contributed by atoms with van der Waals surface area (Å²) in [7, 11) is 0. The zero-order valence-electron chi connectivity index (χ0n) is 17.9. The average molecular weight is 483 g/mol. The minimum Gasteiger partial charge on any atom is -0.368 e. The van der Waals surface area contributed by atoms with Gasteiger partial charge < -0.3 is 10.6 Å². The molecule has 2 aliphatic heterocycles. The first-order valence-corrected chi connectivity index (χ1v) is 12.6. The van der Waals surface area contributed by atoms with E-state index in [1.54, 1.807) is 35.1 Å². The molecule has 2 N–H and O–H groups in total. The van der Waals surface area contributed by atoms with Crippen LogP contribution in [0.25, 0.3) is 41.8 Å². The zero-order valence-corrected chi connectivity index (χ0v) is 19.6. The van der Waals surface area contributed by atoms with Gasteiger partial charge in [0.1, 0.15) is 33.1 Å². The molecule has 0 atom stereocenters. The molecule has 0 fully saturated rings. The van der Waals surface area contributed by atoms with Crippen LogP contribution >= 0.6 is 22.7 Å². The lowest BCUT2D eigenvalue weighted by atomic mass is 10.2. The number of aliphatic imine (C=N–C) groups is 2. The Hall–Kier alpha value is -3.76. The van der Waals surface area contributed by atoms with Gasteiger partial charge in [0.15, 0.2) is 0 Å². The Morgan fingerprint density at radius 3 is 1.56 bits per heavy atom. The summed E-state index contributed by atoms with van der Waals surface area (Å²) in [5, 5.41) is 8.35. The number of fused-ring (bicyclic) bond motifs is 2. The Labute approximate surface area is 202 Å². The van der Waals surface area contributed by atoms with Crippen molar-refractivity contribution in [3.05, 3.63) is 59.9 Å². The average Bonchev–Trinajstić information content (AvgIpc) is 3.69. The summed E-state index contributed by atoms with van der Waals surface area (Å²) in [6.45, 7) is 3.44. The quantitative estimate of drug-likeness (QED) is 0.405. The van der Waals surface area contributed by atoms with Gasteiger partial charge in [-0.05, 0) is 36.4 Å². The van der Waals surface area contributed by atoms with Crippen LogP contribution in [0.2, 0.25) is 0 Å². The van der Waals surface area contributed by atoms with Crippen molar-refractivity contribution in [1.29, 1.82) is 0 Å². The molecule has 7 rings (SSSR count). The number of hydrogen-bond donors (Lipinski definition) is 2. The number of nitrogens with one attached hydrogen (secondary N) is 2. The second-order valence-electron chi connectivity index (χ2n) is 8.00. The lowest BCUT2D eigenvalue weighted by Gasteiger charge is -2.01. The summed E-state index contributed by atoms with van der Waals surface area (Å²) in [6, 6.07) is 12.5. The molecule has 2 aromatic carbocycles. The van der Waals surface area contributed by atoms with Gasteiger partial charge in [0.2, 0.25) is 0 Å². The normalized spacial score (nSPS) is 15.4. The van der Waals surface area contributed by atoms with Crippen molar-refractivity contribution < 1.29 is 0 Å². The standard InChI is InChI=1S/C24H18N8S2/c1-3-15-19(9-13(1)21-25-5-6-26-21)33-23(31-15)17-11-30-18(12-29-17)24-32-16-4-2-14(10-20(16)34-24)22-27-7-8-28-22/h1-4,9-12H,5-8H2,(H,25,26)(H,27,28). The maximum absolute atomic E-state index is 4.76. The van der Waals surface area contributed by atoms with E-state index < -0.39 is 0 Å². The second-order valence-corrected chi connectivity index (χ2v) is 10.1. The highest BCUT2D eigenvalue weighted by Gasteiger charge is 2.15. The van der Waals surface area contributed by atoms with E-state index in [1.807, 2.05) is 12.1 Å². The molecule has 0 spiro atoms. The molecule has 3 aromatic heterocycles.